The van der Waals surface area contributed by atoms with E-state index in [0.29, 0.717) is 17.6 Å². The number of ether oxygens (including phenoxy) is 2. The Labute approximate surface area is 94.2 Å². The Bertz CT molecular complexity index is 398. The molecule has 1 rings (SSSR count). The molecule has 0 spiro atoms. The zero-order valence-electron chi connectivity index (χ0n) is 9.52. The Morgan fingerprint density at radius 1 is 1.44 bits per heavy atom. The van der Waals surface area contributed by atoms with Gasteiger partial charge in [0.05, 0.1) is 12.7 Å². The molecule has 0 aromatic heterocycles. The monoisotopic (exact) mass is 222 g/mol. The van der Waals surface area contributed by atoms with Crippen LogP contribution in [0.4, 0.5) is 0 Å². The van der Waals surface area contributed by atoms with Crippen molar-refractivity contribution in [3.8, 4) is 5.75 Å². The number of esters is 1. The number of aldehydes is 1. The second-order valence-electron chi connectivity index (χ2n) is 3.44. The first-order chi connectivity index (χ1) is 7.58. The van der Waals surface area contributed by atoms with Crippen LogP contribution in [-0.2, 0) is 9.53 Å². The predicted octanol–water partition coefficient (Wildman–Crippen LogP) is 1.75. The van der Waals surface area contributed by atoms with E-state index in [1.165, 1.54) is 7.11 Å². The van der Waals surface area contributed by atoms with E-state index in [1.807, 2.05) is 6.92 Å². The summed E-state index contributed by atoms with van der Waals surface area (Å²) in [5.41, 5.74) is 1.37. The number of rotatable bonds is 4. The van der Waals surface area contributed by atoms with Gasteiger partial charge in [-0.2, -0.15) is 0 Å². The largest absolute Gasteiger partial charge is 0.478 e. The fourth-order valence-corrected chi connectivity index (χ4v) is 1.25. The van der Waals surface area contributed by atoms with E-state index >= 15 is 0 Å². The number of hydrogen-bond acceptors (Lipinski definition) is 4. The van der Waals surface area contributed by atoms with E-state index in [9.17, 15) is 9.59 Å². The van der Waals surface area contributed by atoms with E-state index in [2.05, 4.69) is 4.74 Å². The van der Waals surface area contributed by atoms with Crippen molar-refractivity contribution in [2.24, 2.45) is 0 Å². The molecule has 1 atom stereocenters. The van der Waals surface area contributed by atoms with Crippen LogP contribution in [0.5, 0.6) is 5.75 Å². The summed E-state index contributed by atoms with van der Waals surface area (Å²) in [4.78, 5) is 21.9. The Balaban J connectivity index is 2.91. The van der Waals surface area contributed by atoms with E-state index in [-0.39, 0.29) is 0 Å². The summed E-state index contributed by atoms with van der Waals surface area (Å²) in [5.74, 6) is -0.0775. The molecule has 0 radical (unpaired) electrons. The molecule has 0 bridgehead atoms. The molecule has 4 heteroatoms. The highest BCUT2D eigenvalue weighted by molar-refractivity contribution is 5.80. The Morgan fingerprint density at radius 3 is 2.69 bits per heavy atom. The zero-order valence-corrected chi connectivity index (χ0v) is 9.52. The lowest BCUT2D eigenvalue weighted by atomic mass is 10.1. The molecule has 0 saturated heterocycles. The molecule has 86 valence electrons. The molecule has 0 fully saturated rings. The molecule has 4 nitrogen and oxygen atoms in total. The van der Waals surface area contributed by atoms with Gasteiger partial charge in [-0.1, -0.05) is 6.07 Å². The van der Waals surface area contributed by atoms with E-state index in [0.717, 1.165) is 5.56 Å². The maximum absolute atomic E-state index is 11.2. The van der Waals surface area contributed by atoms with E-state index < -0.39 is 12.1 Å². The summed E-state index contributed by atoms with van der Waals surface area (Å²) < 4.78 is 9.90. The second kappa shape index (κ2) is 5.30. The van der Waals surface area contributed by atoms with Crippen molar-refractivity contribution in [1.29, 1.82) is 0 Å². The maximum atomic E-state index is 11.2. The quantitative estimate of drug-likeness (QED) is 0.575. The minimum atomic E-state index is -0.731. The Kier molecular flexibility index (Phi) is 4.05. The van der Waals surface area contributed by atoms with Crippen LogP contribution in [0.3, 0.4) is 0 Å². The second-order valence-corrected chi connectivity index (χ2v) is 3.44. The number of aryl methyl sites for hydroxylation is 1. The van der Waals surface area contributed by atoms with Crippen LogP contribution < -0.4 is 4.74 Å². The van der Waals surface area contributed by atoms with Gasteiger partial charge in [0.15, 0.2) is 12.4 Å². The smallest absolute Gasteiger partial charge is 0.346 e. The van der Waals surface area contributed by atoms with E-state index in [4.69, 9.17) is 4.74 Å². The third kappa shape index (κ3) is 2.82. The zero-order chi connectivity index (χ0) is 12.1. The van der Waals surface area contributed by atoms with Gasteiger partial charge in [0.2, 0.25) is 0 Å². The number of carbonyl (C=O) groups is 2. The molecule has 0 amide bonds. The fourth-order valence-electron chi connectivity index (χ4n) is 1.25. The molecular formula is C12H14O4. The highest BCUT2D eigenvalue weighted by Crippen LogP contribution is 2.20. The molecule has 0 N–H and O–H groups in total. The molecule has 1 aromatic carbocycles. The van der Waals surface area contributed by atoms with E-state index in [1.54, 1.807) is 25.1 Å². The molecule has 0 aliphatic heterocycles. The van der Waals surface area contributed by atoms with Crippen molar-refractivity contribution in [3.05, 3.63) is 29.3 Å². The van der Waals surface area contributed by atoms with Crippen LogP contribution in [0.1, 0.15) is 22.8 Å². The van der Waals surface area contributed by atoms with Crippen molar-refractivity contribution >= 4 is 12.3 Å². The number of methoxy groups -OCH3 is 1. The maximum Gasteiger partial charge on any atom is 0.346 e. The third-order valence-corrected chi connectivity index (χ3v) is 2.13. The summed E-state index contributed by atoms with van der Waals surface area (Å²) in [6, 6.07) is 5.17. The van der Waals surface area contributed by atoms with Gasteiger partial charge in [0.1, 0.15) is 5.75 Å². The normalized spacial score (nSPS) is 11.7. The van der Waals surface area contributed by atoms with Crippen molar-refractivity contribution in [3.63, 3.8) is 0 Å². The SMILES string of the molecule is COC(=O)C(C)Oc1cc(C)ccc1C=O. The standard InChI is InChI=1S/C12H14O4/c1-8-4-5-10(7-13)11(6-8)16-9(2)12(14)15-3/h4-7,9H,1-3H3. The van der Waals surface area contributed by atoms with Crippen LogP contribution in [0.15, 0.2) is 18.2 Å². The van der Waals surface area contributed by atoms with Gasteiger partial charge in [-0.25, -0.2) is 4.79 Å². The number of benzene rings is 1. The first-order valence-electron chi connectivity index (χ1n) is 4.88. The Hall–Kier alpha value is -1.84. The van der Waals surface area contributed by atoms with Crippen LogP contribution in [0.2, 0.25) is 0 Å². The van der Waals surface area contributed by atoms with Crippen molar-refractivity contribution < 1.29 is 19.1 Å². The fraction of sp³-hybridized carbons (Fsp3) is 0.333. The highest BCUT2D eigenvalue weighted by atomic mass is 16.6. The van der Waals surface area contributed by atoms with Crippen molar-refractivity contribution in [2.75, 3.05) is 7.11 Å². The molecule has 0 saturated carbocycles. The molecule has 0 aliphatic rings. The topological polar surface area (TPSA) is 52.6 Å². The lowest BCUT2D eigenvalue weighted by molar-refractivity contribution is -0.147. The summed E-state index contributed by atoms with van der Waals surface area (Å²) >= 11 is 0. The van der Waals surface area contributed by atoms with Gasteiger partial charge in [0, 0.05) is 0 Å². The lowest BCUT2D eigenvalue weighted by Gasteiger charge is -2.14. The summed E-state index contributed by atoms with van der Waals surface area (Å²) in [7, 11) is 1.29. The lowest BCUT2D eigenvalue weighted by Crippen LogP contribution is -2.25. The van der Waals surface area contributed by atoms with Crippen LogP contribution in [-0.4, -0.2) is 25.5 Å². The van der Waals surface area contributed by atoms with Gasteiger partial charge in [-0.05, 0) is 31.5 Å². The van der Waals surface area contributed by atoms with Gasteiger partial charge in [-0.3, -0.25) is 4.79 Å². The first kappa shape index (κ1) is 12.2. The average molecular weight is 222 g/mol. The molecular weight excluding hydrogens is 208 g/mol. The van der Waals surface area contributed by atoms with Crippen LogP contribution >= 0.6 is 0 Å². The molecule has 1 unspecified atom stereocenters. The average Bonchev–Trinajstić information content (AvgIpc) is 2.28. The number of carbonyl (C=O) groups excluding carboxylic acids is 2. The Morgan fingerprint density at radius 2 is 2.12 bits per heavy atom. The minimum Gasteiger partial charge on any atom is -0.478 e. The molecule has 0 heterocycles. The van der Waals surface area contributed by atoms with Crippen LogP contribution in [0, 0.1) is 6.92 Å². The molecule has 16 heavy (non-hydrogen) atoms. The van der Waals surface area contributed by atoms with Gasteiger partial charge >= 0.3 is 5.97 Å². The molecule has 1 aromatic rings. The van der Waals surface area contributed by atoms with Crippen molar-refractivity contribution in [1.82, 2.24) is 0 Å². The van der Waals surface area contributed by atoms with Gasteiger partial charge in [0.25, 0.3) is 0 Å². The van der Waals surface area contributed by atoms with Gasteiger partial charge in [-0.15, -0.1) is 0 Å². The first-order valence-corrected chi connectivity index (χ1v) is 4.88. The van der Waals surface area contributed by atoms with Gasteiger partial charge < -0.3 is 9.47 Å². The predicted molar refractivity (Wildman–Crippen MR) is 58.7 cm³/mol. The summed E-state index contributed by atoms with van der Waals surface area (Å²) in [6.07, 6.45) is -0.0378. The summed E-state index contributed by atoms with van der Waals surface area (Å²) in [6.45, 7) is 3.45. The van der Waals surface area contributed by atoms with Crippen LogP contribution in [0.25, 0.3) is 0 Å². The highest BCUT2D eigenvalue weighted by Gasteiger charge is 2.16. The third-order valence-electron chi connectivity index (χ3n) is 2.13. The molecule has 0 aliphatic carbocycles. The van der Waals surface area contributed by atoms with Crippen molar-refractivity contribution in [2.45, 2.75) is 20.0 Å². The number of hydrogen-bond donors (Lipinski definition) is 0. The summed E-state index contributed by atoms with van der Waals surface area (Å²) in [5, 5.41) is 0. The minimum absolute atomic E-state index is 0.396.